The van der Waals surface area contributed by atoms with Crippen LogP contribution >= 0.6 is 34.3 Å². The standard InChI is InChI=1S/C18H17ClN4O5S3/c1-2-21-12-6-5-11(23(25)26)10-14(12)29-18(21)20-17(24)13-4-3-9-22(13)31(27,28)16-8-7-15(19)30-16/h5-8,10,13H,2-4,9H2,1H3. The first kappa shape index (κ1) is 22.1. The summed E-state index contributed by atoms with van der Waals surface area (Å²) >= 11 is 8.00. The molecule has 1 saturated heterocycles. The van der Waals surface area contributed by atoms with Crippen LogP contribution in [0.3, 0.4) is 0 Å². The molecule has 1 amide bonds. The van der Waals surface area contributed by atoms with E-state index in [0.717, 1.165) is 28.2 Å². The fourth-order valence-corrected chi connectivity index (χ4v) is 7.96. The number of thiophene rings is 1. The van der Waals surface area contributed by atoms with Crippen LogP contribution in [0.15, 0.2) is 39.5 Å². The number of halogens is 1. The summed E-state index contributed by atoms with van der Waals surface area (Å²) in [5.41, 5.74) is 0.686. The molecule has 1 aliphatic heterocycles. The zero-order chi connectivity index (χ0) is 22.3. The van der Waals surface area contributed by atoms with Gasteiger partial charge in [0.15, 0.2) is 4.80 Å². The van der Waals surface area contributed by atoms with Gasteiger partial charge in [-0.05, 0) is 38.0 Å². The number of hydrogen-bond donors (Lipinski definition) is 0. The van der Waals surface area contributed by atoms with Crippen molar-refractivity contribution in [1.29, 1.82) is 0 Å². The van der Waals surface area contributed by atoms with Crippen molar-refractivity contribution in [1.82, 2.24) is 8.87 Å². The predicted octanol–water partition coefficient (Wildman–Crippen LogP) is 3.63. The molecule has 9 nitrogen and oxygen atoms in total. The summed E-state index contributed by atoms with van der Waals surface area (Å²) in [7, 11) is -3.85. The molecule has 1 fully saturated rings. The summed E-state index contributed by atoms with van der Waals surface area (Å²) in [6.07, 6.45) is 0.930. The number of sulfonamides is 1. The van der Waals surface area contributed by atoms with E-state index in [1.165, 1.54) is 28.6 Å². The van der Waals surface area contributed by atoms with Crippen LogP contribution in [-0.4, -0.2) is 40.7 Å². The van der Waals surface area contributed by atoms with Gasteiger partial charge in [-0.1, -0.05) is 22.9 Å². The molecular weight excluding hydrogens is 484 g/mol. The zero-order valence-electron chi connectivity index (χ0n) is 16.2. The van der Waals surface area contributed by atoms with Crippen LogP contribution in [0, 0.1) is 10.1 Å². The molecule has 31 heavy (non-hydrogen) atoms. The number of fused-ring (bicyclic) bond motifs is 1. The number of nitrogens with zero attached hydrogens (tertiary/aromatic N) is 4. The number of amides is 1. The van der Waals surface area contributed by atoms with E-state index in [1.54, 1.807) is 10.6 Å². The highest BCUT2D eigenvalue weighted by Gasteiger charge is 2.40. The second-order valence-electron chi connectivity index (χ2n) is 6.82. The van der Waals surface area contributed by atoms with Crippen LogP contribution in [0.1, 0.15) is 19.8 Å². The van der Waals surface area contributed by atoms with Crippen LogP contribution in [-0.2, 0) is 21.4 Å². The maximum Gasteiger partial charge on any atom is 0.270 e. The van der Waals surface area contributed by atoms with Gasteiger partial charge in [-0.2, -0.15) is 9.30 Å². The highest BCUT2D eigenvalue weighted by molar-refractivity contribution is 7.91. The SMILES string of the molecule is CCn1c(=NC(=O)C2CCCN2S(=O)(=O)c2ccc(Cl)s2)sc2cc([N+](=O)[O-])ccc21. The van der Waals surface area contributed by atoms with Gasteiger partial charge in [0.05, 0.1) is 19.5 Å². The maximum absolute atomic E-state index is 13.0. The molecule has 0 saturated carbocycles. The number of carbonyl (C=O) groups is 1. The third-order valence-corrected chi connectivity index (χ3v) is 9.65. The molecule has 0 N–H and O–H groups in total. The Hall–Kier alpha value is -2.12. The van der Waals surface area contributed by atoms with Crippen LogP contribution in [0.4, 0.5) is 5.69 Å². The molecular formula is C18H17ClN4O5S3. The van der Waals surface area contributed by atoms with Gasteiger partial charge in [-0.25, -0.2) is 8.42 Å². The average molecular weight is 501 g/mol. The number of rotatable bonds is 5. The number of nitro benzene ring substituents is 1. The van der Waals surface area contributed by atoms with E-state index in [9.17, 15) is 23.3 Å². The summed E-state index contributed by atoms with van der Waals surface area (Å²) in [6.45, 7) is 2.62. The third-order valence-electron chi connectivity index (χ3n) is 5.00. The van der Waals surface area contributed by atoms with Crippen molar-refractivity contribution in [2.75, 3.05) is 6.54 Å². The number of aromatic nitrogens is 1. The van der Waals surface area contributed by atoms with E-state index < -0.39 is 26.9 Å². The third kappa shape index (κ3) is 4.05. The summed E-state index contributed by atoms with van der Waals surface area (Å²) in [6, 6.07) is 6.53. The molecule has 0 spiro atoms. The quantitative estimate of drug-likeness (QED) is 0.392. The van der Waals surface area contributed by atoms with Gasteiger partial charge in [0.2, 0.25) is 0 Å². The zero-order valence-corrected chi connectivity index (χ0v) is 19.4. The molecule has 1 aliphatic rings. The summed E-state index contributed by atoms with van der Waals surface area (Å²) in [4.78, 5) is 28.2. The van der Waals surface area contributed by atoms with Gasteiger partial charge in [-0.15, -0.1) is 11.3 Å². The van der Waals surface area contributed by atoms with Crippen molar-refractivity contribution < 1.29 is 18.1 Å². The average Bonchev–Trinajstić information content (AvgIpc) is 3.45. The van der Waals surface area contributed by atoms with Crippen molar-refractivity contribution >= 4 is 66.1 Å². The number of non-ortho nitro benzene ring substituents is 1. The Morgan fingerprint density at radius 1 is 1.32 bits per heavy atom. The Morgan fingerprint density at radius 2 is 2.10 bits per heavy atom. The van der Waals surface area contributed by atoms with Crippen LogP contribution in [0.2, 0.25) is 4.34 Å². The number of nitro groups is 1. The number of hydrogen-bond acceptors (Lipinski definition) is 7. The van der Waals surface area contributed by atoms with Crippen molar-refractivity contribution in [2.24, 2.45) is 4.99 Å². The van der Waals surface area contributed by atoms with E-state index >= 15 is 0 Å². The lowest BCUT2D eigenvalue weighted by Gasteiger charge is -2.20. The Balaban J connectivity index is 1.72. The van der Waals surface area contributed by atoms with Crippen molar-refractivity contribution in [3.05, 3.63) is 49.6 Å². The number of benzene rings is 1. The molecule has 0 aliphatic carbocycles. The monoisotopic (exact) mass is 500 g/mol. The van der Waals surface area contributed by atoms with E-state index in [4.69, 9.17) is 11.6 Å². The lowest BCUT2D eigenvalue weighted by atomic mass is 10.2. The summed E-state index contributed by atoms with van der Waals surface area (Å²) in [5.74, 6) is -0.549. The van der Waals surface area contributed by atoms with Crippen LogP contribution in [0.25, 0.3) is 10.2 Å². The molecule has 0 radical (unpaired) electrons. The molecule has 2 aromatic heterocycles. The topological polar surface area (TPSA) is 115 Å². The molecule has 3 heterocycles. The smallest absolute Gasteiger partial charge is 0.270 e. The highest BCUT2D eigenvalue weighted by atomic mass is 35.5. The minimum Gasteiger partial charge on any atom is -0.317 e. The van der Waals surface area contributed by atoms with E-state index in [2.05, 4.69) is 4.99 Å². The second-order valence-corrected chi connectivity index (χ2v) is 11.7. The summed E-state index contributed by atoms with van der Waals surface area (Å²) < 4.78 is 30.1. The Morgan fingerprint density at radius 3 is 2.74 bits per heavy atom. The van der Waals surface area contributed by atoms with Gasteiger partial charge >= 0.3 is 0 Å². The van der Waals surface area contributed by atoms with E-state index in [1.807, 2.05) is 6.92 Å². The molecule has 4 rings (SSSR count). The highest BCUT2D eigenvalue weighted by Crippen LogP contribution is 2.32. The largest absolute Gasteiger partial charge is 0.317 e. The van der Waals surface area contributed by atoms with Crippen molar-refractivity contribution in [2.45, 2.75) is 36.6 Å². The lowest BCUT2D eigenvalue weighted by Crippen LogP contribution is -2.40. The minimum atomic E-state index is -3.85. The van der Waals surface area contributed by atoms with Crippen LogP contribution in [0.5, 0.6) is 0 Å². The molecule has 164 valence electrons. The van der Waals surface area contributed by atoms with Gasteiger partial charge in [0.1, 0.15) is 10.3 Å². The van der Waals surface area contributed by atoms with Gasteiger partial charge in [-0.3, -0.25) is 14.9 Å². The molecule has 3 aromatic rings. The van der Waals surface area contributed by atoms with Gasteiger partial charge < -0.3 is 4.57 Å². The van der Waals surface area contributed by atoms with Crippen LogP contribution < -0.4 is 4.80 Å². The Bertz CT molecular complexity index is 1360. The van der Waals surface area contributed by atoms with Gasteiger partial charge in [0.25, 0.3) is 21.6 Å². The normalized spacial score (nSPS) is 18.1. The number of aryl methyl sites for hydroxylation is 1. The van der Waals surface area contributed by atoms with Crippen molar-refractivity contribution in [3.63, 3.8) is 0 Å². The molecule has 13 heteroatoms. The molecule has 1 aromatic carbocycles. The Kier molecular flexibility index (Phi) is 6.01. The molecule has 0 bridgehead atoms. The first-order valence-electron chi connectivity index (χ1n) is 9.36. The lowest BCUT2D eigenvalue weighted by molar-refractivity contribution is -0.384. The predicted molar refractivity (Wildman–Crippen MR) is 119 cm³/mol. The Labute approximate surface area is 190 Å². The summed E-state index contributed by atoms with van der Waals surface area (Å²) in [5, 5.41) is 11.1. The second kappa shape index (κ2) is 8.43. The maximum atomic E-state index is 13.0. The fourth-order valence-electron chi connectivity index (χ4n) is 3.56. The van der Waals surface area contributed by atoms with Crippen molar-refractivity contribution in [3.8, 4) is 0 Å². The number of carbonyl (C=O) groups excluding carboxylic acids is 1. The number of thiazole rings is 1. The molecule has 1 unspecified atom stereocenters. The molecule has 1 atom stereocenters. The first-order valence-corrected chi connectivity index (χ1v) is 12.8. The fraction of sp³-hybridized carbons (Fsp3) is 0.333. The minimum absolute atomic E-state index is 0.0439. The first-order chi connectivity index (χ1) is 14.7. The van der Waals surface area contributed by atoms with E-state index in [0.29, 0.717) is 33.2 Å². The van der Waals surface area contributed by atoms with E-state index in [-0.39, 0.29) is 16.4 Å². The van der Waals surface area contributed by atoms with Gasteiger partial charge in [0, 0.05) is 25.2 Å².